The molecule has 2 heterocycles. The molecular weight excluding hydrogens is 322 g/mol. The van der Waals surface area contributed by atoms with Gasteiger partial charge >= 0.3 is 0 Å². The molecule has 0 aliphatic carbocycles. The Balaban J connectivity index is 1.62. The average molecular weight is 337 g/mol. The molecule has 0 aliphatic rings. The van der Waals surface area contributed by atoms with E-state index in [1.807, 2.05) is 30.3 Å². The van der Waals surface area contributed by atoms with Crippen LogP contribution in [0.1, 0.15) is 5.89 Å². The normalized spacial score (nSPS) is 11.0. The summed E-state index contributed by atoms with van der Waals surface area (Å²) in [4.78, 5) is 4.43. The third-order valence-corrected chi connectivity index (χ3v) is 3.82. The number of methoxy groups -OCH3 is 2. The molecule has 0 saturated carbocycles. The minimum atomic E-state index is 0.348. The standard InChI is InChI=1S/C17H15N5O3/c1-23-14-8-7-11(9-15(14)24-2)17-18-16(25-20-17)10-22-13-6-4-3-5-12(13)19-21-22/h3-9H,10H2,1-2H3. The number of aromatic nitrogens is 5. The van der Waals surface area contributed by atoms with E-state index < -0.39 is 0 Å². The number of rotatable bonds is 5. The van der Waals surface area contributed by atoms with E-state index in [0.717, 1.165) is 16.6 Å². The van der Waals surface area contributed by atoms with Crippen LogP contribution in [0.2, 0.25) is 0 Å². The van der Waals surface area contributed by atoms with E-state index in [2.05, 4.69) is 20.5 Å². The summed E-state index contributed by atoms with van der Waals surface area (Å²) in [5.41, 5.74) is 2.51. The minimum absolute atomic E-state index is 0.348. The van der Waals surface area contributed by atoms with Crippen LogP contribution in [0, 0.1) is 0 Å². The Bertz CT molecular complexity index is 1020. The Morgan fingerprint density at radius 1 is 1.04 bits per heavy atom. The Labute approximate surface area is 143 Å². The quantitative estimate of drug-likeness (QED) is 0.553. The van der Waals surface area contributed by atoms with Crippen molar-refractivity contribution in [2.24, 2.45) is 0 Å². The summed E-state index contributed by atoms with van der Waals surface area (Å²) in [7, 11) is 3.17. The maximum atomic E-state index is 5.35. The molecule has 8 heteroatoms. The van der Waals surface area contributed by atoms with Crippen molar-refractivity contribution in [3.63, 3.8) is 0 Å². The lowest BCUT2D eigenvalue weighted by Gasteiger charge is -2.07. The van der Waals surface area contributed by atoms with E-state index in [9.17, 15) is 0 Å². The van der Waals surface area contributed by atoms with Gasteiger partial charge in [0.2, 0.25) is 11.7 Å². The SMILES string of the molecule is COc1ccc(-c2noc(Cn3nnc4ccccc43)n2)cc1OC. The number of ether oxygens (including phenoxy) is 2. The first kappa shape index (κ1) is 15.1. The second-order valence-corrected chi connectivity index (χ2v) is 5.32. The number of para-hydroxylation sites is 1. The molecule has 0 unspecified atom stereocenters. The third kappa shape index (κ3) is 2.78. The fourth-order valence-corrected chi connectivity index (χ4v) is 2.57. The molecular formula is C17H15N5O3. The third-order valence-electron chi connectivity index (χ3n) is 3.82. The first-order valence-electron chi connectivity index (χ1n) is 7.61. The van der Waals surface area contributed by atoms with Gasteiger partial charge in [-0.1, -0.05) is 22.5 Å². The number of hydrogen-bond donors (Lipinski definition) is 0. The van der Waals surface area contributed by atoms with Gasteiger partial charge in [0.25, 0.3) is 0 Å². The fourth-order valence-electron chi connectivity index (χ4n) is 2.57. The lowest BCUT2D eigenvalue weighted by atomic mass is 10.2. The fraction of sp³-hybridized carbons (Fsp3) is 0.176. The van der Waals surface area contributed by atoms with Crippen LogP contribution in [0.15, 0.2) is 47.0 Å². The molecule has 0 amide bonds. The van der Waals surface area contributed by atoms with E-state index in [4.69, 9.17) is 14.0 Å². The maximum absolute atomic E-state index is 5.35. The molecule has 0 spiro atoms. The van der Waals surface area contributed by atoms with Crippen LogP contribution in [-0.4, -0.2) is 39.4 Å². The first-order chi connectivity index (χ1) is 12.3. The molecule has 0 saturated heterocycles. The van der Waals surface area contributed by atoms with E-state index in [-0.39, 0.29) is 0 Å². The van der Waals surface area contributed by atoms with Gasteiger partial charge in [-0.05, 0) is 30.3 Å². The summed E-state index contributed by atoms with van der Waals surface area (Å²) in [5, 5.41) is 12.3. The summed E-state index contributed by atoms with van der Waals surface area (Å²) < 4.78 is 17.6. The Morgan fingerprint density at radius 3 is 2.72 bits per heavy atom. The van der Waals surface area contributed by atoms with Gasteiger partial charge in [0.1, 0.15) is 12.1 Å². The highest BCUT2D eigenvalue weighted by molar-refractivity contribution is 5.73. The monoisotopic (exact) mass is 337 g/mol. The first-order valence-corrected chi connectivity index (χ1v) is 7.61. The Morgan fingerprint density at radius 2 is 1.88 bits per heavy atom. The predicted octanol–water partition coefficient (Wildman–Crippen LogP) is 2.55. The summed E-state index contributed by atoms with van der Waals surface area (Å²) in [5.74, 6) is 2.17. The van der Waals surface area contributed by atoms with Crippen molar-refractivity contribution in [2.75, 3.05) is 14.2 Å². The summed E-state index contributed by atoms with van der Waals surface area (Å²) >= 11 is 0. The molecule has 2 aromatic heterocycles. The van der Waals surface area contributed by atoms with Crippen LogP contribution in [0.3, 0.4) is 0 Å². The van der Waals surface area contributed by atoms with Gasteiger partial charge in [0.05, 0.1) is 19.7 Å². The van der Waals surface area contributed by atoms with Crippen molar-refractivity contribution in [1.82, 2.24) is 25.1 Å². The molecule has 4 rings (SSSR count). The molecule has 0 radical (unpaired) electrons. The van der Waals surface area contributed by atoms with E-state index in [1.165, 1.54) is 0 Å². The smallest absolute Gasteiger partial charge is 0.248 e. The van der Waals surface area contributed by atoms with Crippen LogP contribution in [0.4, 0.5) is 0 Å². The van der Waals surface area contributed by atoms with Crippen LogP contribution in [-0.2, 0) is 6.54 Å². The minimum Gasteiger partial charge on any atom is -0.493 e. The Hall–Kier alpha value is -3.42. The van der Waals surface area contributed by atoms with E-state index >= 15 is 0 Å². The van der Waals surface area contributed by atoms with Gasteiger partial charge in [-0.25, -0.2) is 4.68 Å². The highest BCUT2D eigenvalue weighted by Gasteiger charge is 2.14. The van der Waals surface area contributed by atoms with Crippen molar-refractivity contribution in [3.8, 4) is 22.9 Å². The molecule has 126 valence electrons. The van der Waals surface area contributed by atoms with Crippen molar-refractivity contribution >= 4 is 11.0 Å². The average Bonchev–Trinajstić information content (AvgIpc) is 3.29. The topological polar surface area (TPSA) is 88.1 Å². The van der Waals surface area contributed by atoms with Gasteiger partial charge < -0.3 is 14.0 Å². The lowest BCUT2D eigenvalue weighted by Crippen LogP contribution is -2.02. The molecule has 0 bridgehead atoms. The van der Waals surface area contributed by atoms with Crippen LogP contribution in [0.5, 0.6) is 11.5 Å². The molecule has 4 aromatic rings. The molecule has 2 aromatic carbocycles. The zero-order valence-corrected chi connectivity index (χ0v) is 13.7. The van der Waals surface area contributed by atoms with Gasteiger partial charge in [-0.2, -0.15) is 4.98 Å². The molecule has 0 atom stereocenters. The number of fused-ring (bicyclic) bond motifs is 1. The molecule has 8 nitrogen and oxygen atoms in total. The zero-order valence-electron chi connectivity index (χ0n) is 13.7. The molecule has 25 heavy (non-hydrogen) atoms. The maximum Gasteiger partial charge on any atom is 0.248 e. The van der Waals surface area contributed by atoms with E-state index in [0.29, 0.717) is 29.8 Å². The molecule has 0 N–H and O–H groups in total. The summed E-state index contributed by atoms with van der Waals surface area (Å²) in [6.45, 7) is 0.348. The highest BCUT2D eigenvalue weighted by Crippen LogP contribution is 2.31. The number of nitrogens with zero attached hydrogens (tertiary/aromatic N) is 5. The van der Waals surface area contributed by atoms with Crippen molar-refractivity contribution < 1.29 is 14.0 Å². The number of benzene rings is 2. The van der Waals surface area contributed by atoms with Gasteiger partial charge in [-0.15, -0.1) is 5.10 Å². The Kier molecular flexibility index (Phi) is 3.77. The zero-order chi connectivity index (χ0) is 17.2. The van der Waals surface area contributed by atoms with Crippen molar-refractivity contribution in [1.29, 1.82) is 0 Å². The second-order valence-electron chi connectivity index (χ2n) is 5.32. The molecule has 0 fully saturated rings. The van der Waals surface area contributed by atoms with Gasteiger partial charge in [0, 0.05) is 5.56 Å². The highest BCUT2D eigenvalue weighted by atomic mass is 16.5. The summed E-state index contributed by atoms with van der Waals surface area (Å²) in [6.07, 6.45) is 0. The largest absolute Gasteiger partial charge is 0.493 e. The second kappa shape index (κ2) is 6.23. The van der Waals surface area contributed by atoms with Crippen LogP contribution in [0.25, 0.3) is 22.4 Å². The predicted molar refractivity (Wildman–Crippen MR) is 89.5 cm³/mol. The van der Waals surface area contributed by atoms with Crippen LogP contribution < -0.4 is 9.47 Å². The van der Waals surface area contributed by atoms with Gasteiger partial charge in [0.15, 0.2) is 11.5 Å². The number of hydrogen-bond acceptors (Lipinski definition) is 7. The van der Waals surface area contributed by atoms with Crippen molar-refractivity contribution in [2.45, 2.75) is 6.54 Å². The summed E-state index contributed by atoms with van der Waals surface area (Å²) in [6, 6.07) is 13.2. The molecule has 0 aliphatic heterocycles. The van der Waals surface area contributed by atoms with Crippen molar-refractivity contribution in [3.05, 3.63) is 48.4 Å². The van der Waals surface area contributed by atoms with Crippen LogP contribution >= 0.6 is 0 Å². The van der Waals surface area contributed by atoms with E-state index in [1.54, 1.807) is 31.0 Å². The van der Waals surface area contributed by atoms with Gasteiger partial charge in [-0.3, -0.25) is 0 Å². The lowest BCUT2D eigenvalue weighted by molar-refractivity contribution is 0.355.